The first kappa shape index (κ1) is 21.8. The highest BCUT2D eigenvalue weighted by atomic mass is 19.1. The van der Waals surface area contributed by atoms with E-state index in [9.17, 15) is 9.18 Å². The van der Waals surface area contributed by atoms with Crippen molar-refractivity contribution in [2.24, 2.45) is 0 Å². The number of carbonyl (C=O) groups excluding carboxylic acids is 1. The smallest absolute Gasteiger partial charge is 0.249 e. The molecule has 0 radical (unpaired) electrons. The minimum Gasteiger partial charge on any atom is -0.367 e. The summed E-state index contributed by atoms with van der Waals surface area (Å²) in [6.07, 6.45) is 1.40. The fraction of sp³-hybridized carbons (Fsp3) is 0.231. The average molecular weight is 457 g/mol. The number of nitrogens with one attached hydrogen (secondary N) is 1. The molecule has 1 aliphatic heterocycles. The predicted molar refractivity (Wildman–Crippen MR) is 128 cm³/mol. The van der Waals surface area contributed by atoms with E-state index in [0.29, 0.717) is 17.9 Å². The summed E-state index contributed by atoms with van der Waals surface area (Å²) in [6.45, 7) is 3.58. The van der Waals surface area contributed by atoms with E-state index < -0.39 is 6.04 Å². The van der Waals surface area contributed by atoms with E-state index in [1.165, 1.54) is 33.6 Å². The Morgan fingerprint density at radius 2 is 1.76 bits per heavy atom. The predicted octanol–water partition coefficient (Wildman–Crippen LogP) is 4.11. The van der Waals surface area contributed by atoms with Crippen molar-refractivity contribution in [3.05, 3.63) is 101 Å². The van der Waals surface area contributed by atoms with Crippen molar-refractivity contribution < 1.29 is 9.18 Å². The van der Waals surface area contributed by atoms with Crippen LogP contribution in [0.15, 0.2) is 72.8 Å². The number of hydrogen-bond donors (Lipinski definition) is 1. The number of aryl methyl sites for hydroxylation is 1. The zero-order valence-corrected chi connectivity index (χ0v) is 18.9. The number of hydrogen-bond acceptors (Lipinski definition) is 5. The van der Waals surface area contributed by atoms with Crippen LogP contribution in [-0.2, 0) is 24.2 Å². The quantitative estimate of drug-likeness (QED) is 0.453. The number of halogens is 1. The first-order valence-corrected chi connectivity index (χ1v) is 11.3. The summed E-state index contributed by atoms with van der Waals surface area (Å²) in [6, 6.07) is 21.8. The number of aromatic nitrogens is 4. The molecule has 0 saturated heterocycles. The number of para-hydroxylation sites is 1. The van der Waals surface area contributed by atoms with Gasteiger partial charge >= 0.3 is 0 Å². The first-order chi connectivity index (χ1) is 16.6. The van der Waals surface area contributed by atoms with Crippen molar-refractivity contribution in [2.45, 2.75) is 32.4 Å². The van der Waals surface area contributed by atoms with E-state index in [0.717, 1.165) is 25.1 Å². The number of amides is 1. The Kier molecular flexibility index (Phi) is 6.03. The Balaban J connectivity index is 1.28. The molecule has 0 aliphatic carbocycles. The van der Waals surface area contributed by atoms with Crippen LogP contribution in [0.3, 0.4) is 0 Å². The maximum atomic E-state index is 13.3. The third-order valence-corrected chi connectivity index (χ3v) is 6.18. The second-order valence-electron chi connectivity index (χ2n) is 8.50. The highest BCUT2D eigenvalue weighted by molar-refractivity contribution is 5.93. The molecule has 34 heavy (non-hydrogen) atoms. The van der Waals surface area contributed by atoms with Gasteiger partial charge in [0.15, 0.2) is 0 Å². The van der Waals surface area contributed by atoms with Gasteiger partial charge in [-0.2, -0.15) is 0 Å². The van der Waals surface area contributed by atoms with E-state index in [4.69, 9.17) is 0 Å². The van der Waals surface area contributed by atoms with Gasteiger partial charge in [0.05, 0.1) is 0 Å². The van der Waals surface area contributed by atoms with Gasteiger partial charge in [0.2, 0.25) is 5.91 Å². The number of benzene rings is 3. The van der Waals surface area contributed by atoms with Crippen LogP contribution in [0.5, 0.6) is 0 Å². The second kappa shape index (κ2) is 9.43. The molecular weight excluding hydrogens is 431 g/mol. The fourth-order valence-electron chi connectivity index (χ4n) is 4.37. The number of tetrazole rings is 1. The van der Waals surface area contributed by atoms with Crippen molar-refractivity contribution >= 4 is 17.3 Å². The van der Waals surface area contributed by atoms with Gasteiger partial charge in [-0.1, -0.05) is 42.5 Å². The number of rotatable bonds is 7. The van der Waals surface area contributed by atoms with Gasteiger partial charge in [0, 0.05) is 30.9 Å². The maximum absolute atomic E-state index is 13.3. The largest absolute Gasteiger partial charge is 0.367 e. The molecule has 0 saturated carbocycles. The molecule has 1 unspecified atom stereocenters. The van der Waals surface area contributed by atoms with Gasteiger partial charge in [0.25, 0.3) is 0 Å². The maximum Gasteiger partial charge on any atom is 0.249 e. The third-order valence-electron chi connectivity index (χ3n) is 6.18. The van der Waals surface area contributed by atoms with Crippen LogP contribution in [0.1, 0.15) is 28.6 Å². The number of nitrogens with zero attached hydrogens (tertiary/aromatic N) is 5. The molecule has 1 N–H and O–H groups in total. The molecule has 1 aliphatic rings. The Labute approximate surface area is 197 Å². The molecule has 0 spiro atoms. The molecule has 172 valence electrons. The highest BCUT2D eigenvalue weighted by Gasteiger charge is 2.25. The Morgan fingerprint density at radius 3 is 2.50 bits per heavy atom. The van der Waals surface area contributed by atoms with Crippen molar-refractivity contribution in [3.63, 3.8) is 0 Å². The Hall–Kier alpha value is -4.07. The van der Waals surface area contributed by atoms with Crippen molar-refractivity contribution in [3.8, 4) is 0 Å². The average Bonchev–Trinajstić information content (AvgIpc) is 3.46. The minimum absolute atomic E-state index is 0.235. The zero-order valence-electron chi connectivity index (χ0n) is 18.9. The van der Waals surface area contributed by atoms with Gasteiger partial charge in [-0.3, -0.25) is 4.79 Å². The topological polar surface area (TPSA) is 75.9 Å². The normalized spacial score (nSPS) is 13.5. The van der Waals surface area contributed by atoms with Crippen LogP contribution in [0, 0.1) is 12.7 Å². The summed E-state index contributed by atoms with van der Waals surface area (Å²) in [5.41, 5.74) is 5.37. The molecular formula is C26H25FN6O. The molecule has 5 rings (SSSR count). The van der Waals surface area contributed by atoms with E-state index >= 15 is 0 Å². The van der Waals surface area contributed by atoms with Crippen molar-refractivity contribution in [2.75, 3.05) is 16.8 Å². The second-order valence-corrected chi connectivity index (χ2v) is 8.50. The lowest BCUT2D eigenvalue weighted by atomic mass is 10.0. The molecule has 4 aromatic rings. The summed E-state index contributed by atoms with van der Waals surface area (Å²) in [7, 11) is 0. The minimum atomic E-state index is -0.666. The number of carbonyl (C=O) groups is 1. The summed E-state index contributed by atoms with van der Waals surface area (Å²) in [5, 5.41) is 14.6. The van der Waals surface area contributed by atoms with Gasteiger partial charge in [0.1, 0.15) is 17.7 Å². The Morgan fingerprint density at radius 1 is 1.03 bits per heavy atom. The molecule has 7 nitrogen and oxygen atoms in total. The summed E-state index contributed by atoms with van der Waals surface area (Å²) >= 11 is 0. The standard InChI is InChI=1S/C26H25FN6O/c1-18-29-30-31-33(18)25(16-19-6-10-22(27)11-7-19)26(34)28-23-12-8-20(9-13-23)17-32-15-14-21-4-2-3-5-24(21)32/h2-13,25H,14-17H2,1H3,(H,28,34). The highest BCUT2D eigenvalue weighted by Crippen LogP contribution is 2.29. The van der Waals surface area contributed by atoms with E-state index in [-0.39, 0.29) is 11.7 Å². The van der Waals surface area contributed by atoms with Gasteiger partial charge in [-0.25, -0.2) is 9.07 Å². The fourth-order valence-corrected chi connectivity index (χ4v) is 4.37. The zero-order chi connectivity index (χ0) is 23.5. The summed E-state index contributed by atoms with van der Waals surface area (Å²) in [4.78, 5) is 15.6. The lowest BCUT2D eigenvalue weighted by Gasteiger charge is -2.20. The van der Waals surface area contributed by atoms with Crippen LogP contribution in [0.2, 0.25) is 0 Å². The SMILES string of the molecule is Cc1nnnn1C(Cc1ccc(F)cc1)C(=O)Nc1ccc(CN2CCc3ccccc32)cc1. The lowest BCUT2D eigenvalue weighted by Crippen LogP contribution is -2.29. The lowest BCUT2D eigenvalue weighted by molar-refractivity contribution is -0.119. The van der Waals surface area contributed by atoms with Crippen LogP contribution in [0.4, 0.5) is 15.8 Å². The van der Waals surface area contributed by atoms with Crippen LogP contribution in [-0.4, -0.2) is 32.7 Å². The monoisotopic (exact) mass is 456 g/mol. The van der Waals surface area contributed by atoms with Gasteiger partial charge in [-0.05, 0) is 70.8 Å². The molecule has 3 aromatic carbocycles. The van der Waals surface area contributed by atoms with E-state index in [1.54, 1.807) is 19.1 Å². The van der Waals surface area contributed by atoms with Gasteiger partial charge < -0.3 is 10.2 Å². The van der Waals surface area contributed by atoms with Crippen molar-refractivity contribution in [1.82, 2.24) is 20.2 Å². The van der Waals surface area contributed by atoms with Gasteiger partial charge in [-0.15, -0.1) is 5.10 Å². The number of anilines is 2. The van der Waals surface area contributed by atoms with Crippen LogP contribution >= 0.6 is 0 Å². The van der Waals surface area contributed by atoms with Crippen LogP contribution in [0.25, 0.3) is 0 Å². The Bertz CT molecular complexity index is 1290. The molecule has 0 bridgehead atoms. The number of fused-ring (bicyclic) bond motifs is 1. The molecule has 1 amide bonds. The molecule has 1 atom stereocenters. The van der Waals surface area contributed by atoms with E-state index in [2.05, 4.69) is 50.0 Å². The summed E-state index contributed by atoms with van der Waals surface area (Å²) in [5.74, 6) is -0.0229. The van der Waals surface area contributed by atoms with E-state index in [1.807, 2.05) is 24.3 Å². The van der Waals surface area contributed by atoms with Crippen LogP contribution < -0.4 is 10.2 Å². The summed E-state index contributed by atoms with van der Waals surface area (Å²) < 4.78 is 14.8. The third kappa shape index (κ3) is 4.66. The first-order valence-electron chi connectivity index (χ1n) is 11.3. The van der Waals surface area contributed by atoms with Crippen molar-refractivity contribution in [1.29, 1.82) is 0 Å². The molecule has 0 fully saturated rings. The molecule has 8 heteroatoms. The molecule has 1 aromatic heterocycles. The molecule has 2 heterocycles.